The third-order valence-electron chi connectivity index (χ3n) is 5.36. The van der Waals surface area contributed by atoms with Crippen molar-refractivity contribution in [3.8, 4) is 0 Å². The van der Waals surface area contributed by atoms with Gasteiger partial charge in [0.05, 0.1) is 11.8 Å². The second-order valence-electron chi connectivity index (χ2n) is 6.85. The molecule has 1 aliphatic carbocycles. The molecule has 3 aliphatic rings. The molecule has 0 aromatic heterocycles. The molecule has 6 nitrogen and oxygen atoms in total. The third-order valence-corrected chi connectivity index (χ3v) is 5.36. The number of nitrogens with zero attached hydrogens (tertiary/aromatic N) is 2. The van der Waals surface area contributed by atoms with Crippen molar-refractivity contribution >= 4 is 17.8 Å². The Bertz CT molecular complexity index is 473. The van der Waals surface area contributed by atoms with Gasteiger partial charge in [-0.3, -0.25) is 14.4 Å². The van der Waals surface area contributed by atoms with Crippen LogP contribution >= 0.6 is 0 Å². The zero-order valence-electron chi connectivity index (χ0n) is 12.9. The normalized spacial score (nSPS) is 30.1. The molecule has 122 valence electrons. The first-order chi connectivity index (χ1) is 10.6. The summed E-state index contributed by atoms with van der Waals surface area (Å²) in [7, 11) is 0. The molecule has 0 aromatic rings. The van der Waals surface area contributed by atoms with Gasteiger partial charge in [0.15, 0.2) is 0 Å². The lowest BCUT2D eigenvalue weighted by Crippen LogP contribution is -2.45. The highest BCUT2D eigenvalue weighted by Gasteiger charge is 2.41. The van der Waals surface area contributed by atoms with E-state index in [1.807, 2.05) is 4.90 Å². The standard InChI is InChI=1S/C16H24N2O4/c19-14-8-12(10-18(14)13-5-1-2-6-13)15(20)17-7-3-4-11(9-17)16(21)22/h11-13H,1-10H2,(H,21,22)/t11-,12-/m0/s1. The molecule has 0 unspecified atom stereocenters. The molecule has 1 N–H and O–H groups in total. The molecule has 2 saturated heterocycles. The van der Waals surface area contributed by atoms with E-state index in [1.54, 1.807) is 4.90 Å². The van der Waals surface area contributed by atoms with E-state index in [0.717, 1.165) is 19.3 Å². The van der Waals surface area contributed by atoms with E-state index >= 15 is 0 Å². The molecule has 2 amide bonds. The van der Waals surface area contributed by atoms with Crippen LogP contribution in [0.25, 0.3) is 0 Å². The lowest BCUT2D eigenvalue weighted by atomic mass is 9.96. The summed E-state index contributed by atoms with van der Waals surface area (Å²) >= 11 is 0. The van der Waals surface area contributed by atoms with E-state index in [1.165, 1.54) is 12.8 Å². The number of likely N-dealkylation sites (tertiary alicyclic amines) is 2. The largest absolute Gasteiger partial charge is 0.481 e. The Balaban J connectivity index is 1.60. The molecule has 2 atom stereocenters. The van der Waals surface area contributed by atoms with E-state index in [2.05, 4.69) is 0 Å². The van der Waals surface area contributed by atoms with Crippen molar-refractivity contribution in [2.75, 3.05) is 19.6 Å². The number of hydrogen-bond acceptors (Lipinski definition) is 3. The van der Waals surface area contributed by atoms with Gasteiger partial charge in [-0.15, -0.1) is 0 Å². The fraction of sp³-hybridized carbons (Fsp3) is 0.812. The molecule has 0 spiro atoms. The minimum absolute atomic E-state index is 0.0280. The molecule has 2 aliphatic heterocycles. The van der Waals surface area contributed by atoms with Gasteiger partial charge in [0, 0.05) is 32.1 Å². The highest BCUT2D eigenvalue weighted by atomic mass is 16.4. The number of carbonyl (C=O) groups excluding carboxylic acids is 2. The Morgan fingerprint density at radius 3 is 2.41 bits per heavy atom. The minimum Gasteiger partial charge on any atom is -0.481 e. The maximum Gasteiger partial charge on any atom is 0.308 e. The van der Waals surface area contributed by atoms with Gasteiger partial charge in [-0.25, -0.2) is 0 Å². The van der Waals surface area contributed by atoms with Crippen LogP contribution < -0.4 is 0 Å². The topological polar surface area (TPSA) is 77.9 Å². The first-order valence-corrected chi connectivity index (χ1v) is 8.37. The second kappa shape index (κ2) is 6.26. The van der Waals surface area contributed by atoms with Crippen molar-refractivity contribution in [1.82, 2.24) is 9.80 Å². The Kier molecular flexibility index (Phi) is 4.36. The highest BCUT2D eigenvalue weighted by Crippen LogP contribution is 2.31. The van der Waals surface area contributed by atoms with Gasteiger partial charge in [-0.05, 0) is 25.7 Å². The fourth-order valence-electron chi connectivity index (χ4n) is 4.10. The van der Waals surface area contributed by atoms with Gasteiger partial charge in [-0.1, -0.05) is 12.8 Å². The SMILES string of the molecule is O=C(O)[C@H]1CCCN(C(=O)[C@H]2CC(=O)N(C3CCCC3)C2)C1. The van der Waals surface area contributed by atoms with E-state index < -0.39 is 11.9 Å². The van der Waals surface area contributed by atoms with Crippen molar-refractivity contribution in [1.29, 1.82) is 0 Å². The summed E-state index contributed by atoms with van der Waals surface area (Å²) in [6.45, 7) is 1.44. The van der Waals surface area contributed by atoms with Crippen LogP contribution in [0.5, 0.6) is 0 Å². The molecule has 0 radical (unpaired) electrons. The van der Waals surface area contributed by atoms with Crippen LogP contribution in [0.3, 0.4) is 0 Å². The zero-order chi connectivity index (χ0) is 15.7. The summed E-state index contributed by atoms with van der Waals surface area (Å²) in [5, 5.41) is 9.13. The van der Waals surface area contributed by atoms with E-state index in [0.29, 0.717) is 38.5 Å². The van der Waals surface area contributed by atoms with Crippen LogP contribution in [0.2, 0.25) is 0 Å². The predicted molar refractivity (Wildman–Crippen MR) is 79.0 cm³/mol. The number of hydrogen-bond donors (Lipinski definition) is 1. The van der Waals surface area contributed by atoms with Crippen molar-refractivity contribution < 1.29 is 19.5 Å². The highest BCUT2D eigenvalue weighted by molar-refractivity contribution is 5.89. The van der Waals surface area contributed by atoms with Gasteiger partial charge in [0.1, 0.15) is 0 Å². The van der Waals surface area contributed by atoms with Crippen LogP contribution in [0.4, 0.5) is 0 Å². The summed E-state index contributed by atoms with van der Waals surface area (Å²) < 4.78 is 0. The number of amides is 2. The smallest absolute Gasteiger partial charge is 0.308 e. The number of carbonyl (C=O) groups is 3. The zero-order valence-corrected chi connectivity index (χ0v) is 12.9. The Morgan fingerprint density at radius 1 is 1.00 bits per heavy atom. The number of aliphatic carboxylic acids is 1. The van der Waals surface area contributed by atoms with Gasteiger partial charge in [0.2, 0.25) is 11.8 Å². The van der Waals surface area contributed by atoms with Crippen molar-refractivity contribution in [3.63, 3.8) is 0 Å². The average Bonchev–Trinajstić information content (AvgIpc) is 3.15. The van der Waals surface area contributed by atoms with E-state index in [-0.39, 0.29) is 17.7 Å². The molecule has 22 heavy (non-hydrogen) atoms. The van der Waals surface area contributed by atoms with Crippen molar-refractivity contribution in [3.05, 3.63) is 0 Å². The average molecular weight is 308 g/mol. The third kappa shape index (κ3) is 2.96. The lowest BCUT2D eigenvalue weighted by Gasteiger charge is -2.32. The molecular weight excluding hydrogens is 284 g/mol. The minimum atomic E-state index is -0.826. The first-order valence-electron chi connectivity index (χ1n) is 8.37. The summed E-state index contributed by atoms with van der Waals surface area (Å²) in [6, 6.07) is 0.318. The van der Waals surface area contributed by atoms with Crippen molar-refractivity contribution in [2.45, 2.75) is 51.0 Å². The Morgan fingerprint density at radius 2 is 1.73 bits per heavy atom. The van der Waals surface area contributed by atoms with Gasteiger partial charge in [0.25, 0.3) is 0 Å². The predicted octanol–water partition coefficient (Wildman–Crippen LogP) is 1.10. The molecule has 2 heterocycles. The molecule has 6 heteroatoms. The molecule has 0 bridgehead atoms. The van der Waals surface area contributed by atoms with E-state index in [4.69, 9.17) is 5.11 Å². The second-order valence-corrected chi connectivity index (χ2v) is 6.85. The maximum absolute atomic E-state index is 12.6. The summed E-state index contributed by atoms with van der Waals surface area (Å²) in [4.78, 5) is 39.5. The quantitative estimate of drug-likeness (QED) is 0.847. The molecule has 1 saturated carbocycles. The van der Waals surface area contributed by atoms with Gasteiger partial charge < -0.3 is 14.9 Å². The van der Waals surface area contributed by atoms with Crippen LogP contribution in [0.1, 0.15) is 44.9 Å². The van der Waals surface area contributed by atoms with E-state index in [9.17, 15) is 14.4 Å². The number of rotatable bonds is 3. The molecule has 3 fully saturated rings. The van der Waals surface area contributed by atoms with Crippen LogP contribution in [-0.2, 0) is 14.4 Å². The summed E-state index contributed by atoms with van der Waals surface area (Å²) in [5.74, 6) is -1.49. The number of carboxylic acids is 1. The molecule has 3 rings (SSSR count). The van der Waals surface area contributed by atoms with Gasteiger partial charge in [-0.2, -0.15) is 0 Å². The number of piperidine rings is 1. The lowest BCUT2D eigenvalue weighted by molar-refractivity contribution is -0.146. The summed E-state index contributed by atoms with van der Waals surface area (Å²) in [5.41, 5.74) is 0. The monoisotopic (exact) mass is 308 g/mol. The Labute approximate surface area is 130 Å². The first kappa shape index (κ1) is 15.3. The fourth-order valence-corrected chi connectivity index (χ4v) is 4.10. The Hall–Kier alpha value is -1.59. The number of carboxylic acid groups (broad SMARTS) is 1. The van der Waals surface area contributed by atoms with Crippen LogP contribution in [0, 0.1) is 11.8 Å². The maximum atomic E-state index is 12.6. The van der Waals surface area contributed by atoms with Crippen LogP contribution in [-0.4, -0.2) is 58.4 Å². The summed E-state index contributed by atoms with van der Waals surface area (Å²) in [6.07, 6.45) is 6.10. The molecular formula is C16H24N2O4. The van der Waals surface area contributed by atoms with Crippen molar-refractivity contribution in [2.24, 2.45) is 11.8 Å². The molecule has 0 aromatic carbocycles. The van der Waals surface area contributed by atoms with Gasteiger partial charge >= 0.3 is 5.97 Å². The van der Waals surface area contributed by atoms with Crippen LogP contribution in [0.15, 0.2) is 0 Å².